The van der Waals surface area contributed by atoms with Crippen LogP contribution >= 0.6 is 0 Å². The molecular formula is C3H8BiN. The van der Waals surface area contributed by atoms with Crippen molar-refractivity contribution in [3.05, 3.63) is 0 Å². The van der Waals surface area contributed by atoms with E-state index < -0.39 is 23.1 Å². The Labute approximate surface area is 44.1 Å². The van der Waals surface area contributed by atoms with E-state index in [4.69, 9.17) is 3.29 Å². The zero-order valence-corrected chi connectivity index (χ0v) is 6.84. The molecule has 0 rings (SSSR count). The second-order valence-corrected chi connectivity index (χ2v) is 3.85. The summed E-state index contributed by atoms with van der Waals surface area (Å²) in [7, 11) is 0. The summed E-state index contributed by atoms with van der Waals surface area (Å²) in [5.74, 6) is 0. The summed E-state index contributed by atoms with van der Waals surface area (Å²) in [6.07, 6.45) is 1.24. The summed E-state index contributed by atoms with van der Waals surface area (Å²) in [6, 6.07) is 0. The van der Waals surface area contributed by atoms with Crippen molar-refractivity contribution < 1.29 is 0 Å². The quantitative estimate of drug-likeness (QED) is 0.729. The van der Waals surface area contributed by atoms with Crippen molar-refractivity contribution in [1.29, 1.82) is 3.29 Å². The van der Waals surface area contributed by atoms with E-state index in [1.165, 1.54) is 10.5 Å². The van der Waals surface area contributed by atoms with E-state index in [9.17, 15) is 0 Å². The van der Waals surface area contributed by atoms with E-state index >= 15 is 0 Å². The van der Waals surface area contributed by atoms with Gasteiger partial charge in [0.25, 0.3) is 0 Å². The normalized spacial score (nSPS) is 7.40. The van der Waals surface area contributed by atoms with Gasteiger partial charge < -0.3 is 0 Å². The Bertz CT molecular complexity index is 28.1. The fourth-order valence-electron chi connectivity index (χ4n) is 0.112. The molecule has 0 fully saturated rings. The van der Waals surface area contributed by atoms with Gasteiger partial charge in [-0.15, -0.1) is 0 Å². The molecule has 1 nitrogen and oxygen atoms in total. The first-order valence-electron chi connectivity index (χ1n) is 1.75. The fraction of sp³-hybridized carbons (Fsp3) is 1.00. The second kappa shape index (κ2) is 4.68. The molecule has 0 aromatic carbocycles. The van der Waals surface area contributed by atoms with Crippen LogP contribution in [0.4, 0.5) is 0 Å². The Kier molecular flexibility index (Phi) is 5.32. The Morgan fingerprint density at radius 1 is 1.80 bits per heavy atom. The summed E-state index contributed by atoms with van der Waals surface area (Å²) in [6.45, 7) is 2.14. The molecule has 0 atom stereocenters. The first-order valence-corrected chi connectivity index (χ1v) is 5.94. The molecule has 0 unspecified atom stereocenters. The third-order valence-corrected chi connectivity index (χ3v) is 2.94. The van der Waals surface area contributed by atoms with Gasteiger partial charge in [0, 0.05) is 0 Å². The molecule has 0 bridgehead atoms. The molecule has 0 radical (unpaired) electrons. The topological polar surface area (TPSA) is 23.9 Å². The number of hydrogen-bond donors (Lipinski definition) is 1. The van der Waals surface area contributed by atoms with E-state index in [0.29, 0.717) is 0 Å². The van der Waals surface area contributed by atoms with Gasteiger partial charge >= 0.3 is 43.8 Å². The van der Waals surface area contributed by atoms with Gasteiger partial charge in [-0.1, -0.05) is 0 Å². The van der Waals surface area contributed by atoms with Gasteiger partial charge in [0.1, 0.15) is 0 Å². The zero-order valence-electron chi connectivity index (χ0n) is 3.36. The van der Waals surface area contributed by atoms with Crippen molar-refractivity contribution in [3.8, 4) is 0 Å². The van der Waals surface area contributed by atoms with Gasteiger partial charge in [0.2, 0.25) is 0 Å². The average Bonchev–Trinajstić information content (AvgIpc) is 1.41. The molecule has 0 aromatic rings. The number of nitrogens with one attached hydrogen (secondary N) is 1. The van der Waals surface area contributed by atoms with Gasteiger partial charge in [0.15, 0.2) is 0 Å². The number of hydrogen-bond acceptors (Lipinski definition) is 1. The van der Waals surface area contributed by atoms with E-state index in [1.807, 2.05) is 0 Å². The average molecular weight is 267 g/mol. The predicted octanol–water partition coefficient (Wildman–Crippen LogP) is 1.28. The molecule has 0 heterocycles. The standard InChI is InChI=1S/C3H7.Bi.HN/c1-3-2;;/h1,3H2,2H3;;1H. The molecular weight excluding hydrogens is 259 g/mol. The van der Waals surface area contributed by atoms with E-state index in [1.54, 1.807) is 0 Å². The van der Waals surface area contributed by atoms with Crippen molar-refractivity contribution in [2.24, 2.45) is 0 Å². The van der Waals surface area contributed by atoms with Crippen molar-refractivity contribution >= 4 is 23.1 Å². The van der Waals surface area contributed by atoms with E-state index in [2.05, 4.69) is 6.92 Å². The SMILES string of the molecule is CC[CH2][Bi]=[NH]. The molecule has 0 aromatic heterocycles. The molecule has 0 aliphatic carbocycles. The van der Waals surface area contributed by atoms with Gasteiger partial charge in [-0.3, -0.25) is 0 Å². The molecule has 2 heteroatoms. The van der Waals surface area contributed by atoms with Crippen LogP contribution in [0.5, 0.6) is 0 Å². The van der Waals surface area contributed by atoms with Gasteiger partial charge in [0.05, 0.1) is 0 Å². The predicted molar refractivity (Wildman–Crippen MR) is 23.6 cm³/mol. The van der Waals surface area contributed by atoms with Gasteiger partial charge in [-0.25, -0.2) is 0 Å². The van der Waals surface area contributed by atoms with Crippen molar-refractivity contribution in [3.63, 3.8) is 0 Å². The Balaban J connectivity index is 2.40. The van der Waals surface area contributed by atoms with Crippen LogP contribution in [0.15, 0.2) is 0 Å². The summed E-state index contributed by atoms with van der Waals surface area (Å²) in [5.41, 5.74) is 0. The van der Waals surface area contributed by atoms with Crippen LogP contribution in [-0.2, 0) is 0 Å². The van der Waals surface area contributed by atoms with Crippen LogP contribution in [-0.4, -0.2) is 23.1 Å². The maximum atomic E-state index is 6.78. The monoisotopic (exact) mass is 267 g/mol. The van der Waals surface area contributed by atoms with Crippen LogP contribution in [0.25, 0.3) is 0 Å². The summed E-state index contributed by atoms with van der Waals surface area (Å²) in [5, 5.41) is 0. The summed E-state index contributed by atoms with van der Waals surface area (Å²) < 4.78 is 8.02. The van der Waals surface area contributed by atoms with Crippen molar-refractivity contribution in [1.82, 2.24) is 0 Å². The van der Waals surface area contributed by atoms with Crippen LogP contribution < -0.4 is 0 Å². The second-order valence-electron chi connectivity index (χ2n) is 0.882. The molecule has 1 N–H and O–H groups in total. The first kappa shape index (κ1) is 5.68. The van der Waals surface area contributed by atoms with E-state index in [0.717, 1.165) is 0 Å². The molecule has 0 spiro atoms. The van der Waals surface area contributed by atoms with Gasteiger partial charge in [-0.2, -0.15) is 0 Å². The molecule has 0 amide bonds. The Morgan fingerprint density at radius 3 is 2.40 bits per heavy atom. The fourth-order valence-corrected chi connectivity index (χ4v) is 0.981. The maximum absolute atomic E-state index is 6.78. The van der Waals surface area contributed by atoms with Crippen molar-refractivity contribution in [2.45, 2.75) is 17.5 Å². The Morgan fingerprint density at radius 2 is 2.40 bits per heavy atom. The van der Waals surface area contributed by atoms with Crippen molar-refractivity contribution in [2.75, 3.05) is 0 Å². The van der Waals surface area contributed by atoms with Crippen LogP contribution in [0, 0.1) is 3.29 Å². The summed E-state index contributed by atoms with van der Waals surface area (Å²) in [4.78, 5) is 0. The first-order chi connectivity index (χ1) is 2.41. The third-order valence-electron chi connectivity index (χ3n) is 0.335. The number of rotatable bonds is 2. The molecule has 0 aliphatic rings. The third kappa shape index (κ3) is 4.68. The zero-order chi connectivity index (χ0) is 4.12. The summed E-state index contributed by atoms with van der Waals surface area (Å²) >= 11 is -0.615. The van der Waals surface area contributed by atoms with Crippen LogP contribution in [0.2, 0.25) is 4.13 Å². The molecule has 5 heavy (non-hydrogen) atoms. The minimum absolute atomic E-state index is 0.615. The molecule has 0 aliphatic heterocycles. The van der Waals surface area contributed by atoms with E-state index in [-0.39, 0.29) is 0 Å². The van der Waals surface area contributed by atoms with Gasteiger partial charge in [-0.05, 0) is 0 Å². The minimum atomic E-state index is -0.615. The Hall–Kier alpha value is 0.683. The van der Waals surface area contributed by atoms with Crippen LogP contribution in [0.3, 0.4) is 0 Å². The van der Waals surface area contributed by atoms with Crippen LogP contribution in [0.1, 0.15) is 13.3 Å². The molecule has 0 saturated heterocycles. The molecule has 30 valence electrons. The molecule has 0 saturated carbocycles.